The summed E-state index contributed by atoms with van der Waals surface area (Å²) >= 11 is 6.06. The number of aromatic amines is 1. The number of likely N-dealkylation sites (tertiary alicyclic amines) is 1. The molecule has 2 atom stereocenters. The van der Waals surface area contributed by atoms with E-state index in [1.807, 2.05) is 30.3 Å². The summed E-state index contributed by atoms with van der Waals surface area (Å²) in [6.07, 6.45) is 12.2. The van der Waals surface area contributed by atoms with Crippen LogP contribution in [0.1, 0.15) is 37.3 Å². The van der Waals surface area contributed by atoms with Crippen molar-refractivity contribution in [1.29, 1.82) is 0 Å². The molecule has 1 aromatic carbocycles. The lowest BCUT2D eigenvalue weighted by molar-refractivity contribution is 0.108. The average Bonchev–Trinajstić information content (AvgIpc) is 3.31. The Bertz CT molecular complexity index is 1200. The van der Waals surface area contributed by atoms with Crippen LogP contribution >= 0.6 is 11.6 Å². The number of nitrogens with one attached hydrogen (secondary N) is 1. The van der Waals surface area contributed by atoms with Crippen LogP contribution in [0.3, 0.4) is 0 Å². The van der Waals surface area contributed by atoms with Crippen LogP contribution in [0.5, 0.6) is 0 Å². The fourth-order valence-electron chi connectivity index (χ4n) is 4.72. The van der Waals surface area contributed by atoms with E-state index in [0.717, 1.165) is 36.9 Å². The van der Waals surface area contributed by atoms with Gasteiger partial charge in [0.2, 0.25) is 0 Å². The monoisotopic (exact) mass is 461 g/mol. The lowest BCUT2D eigenvalue weighted by Crippen LogP contribution is -2.46. The first-order chi connectivity index (χ1) is 16.1. The van der Waals surface area contributed by atoms with Crippen LogP contribution in [0.15, 0.2) is 66.5 Å². The number of allylic oxidation sites excluding steroid dienone is 3. The summed E-state index contributed by atoms with van der Waals surface area (Å²) < 4.78 is 0. The SMILES string of the molecule is O=C(O)N1C[C@H](c2[nH]c(-c3ccc(Cl)cc3)nc2-c2ncccn2)CC[C@@H]1C1=CC=CCC1. The highest BCUT2D eigenvalue weighted by Crippen LogP contribution is 2.38. The molecule has 3 heterocycles. The van der Waals surface area contributed by atoms with Crippen molar-refractivity contribution in [3.63, 3.8) is 0 Å². The number of hydrogen-bond acceptors (Lipinski definition) is 4. The first kappa shape index (κ1) is 21.4. The third kappa shape index (κ3) is 4.41. The van der Waals surface area contributed by atoms with Crippen molar-refractivity contribution in [3.05, 3.63) is 77.2 Å². The number of piperidine rings is 1. The number of halogens is 1. The van der Waals surface area contributed by atoms with Gasteiger partial charge in [-0.25, -0.2) is 19.7 Å². The molecular formula is C25H24ClN5O2. The topological polar surface area (TPSA) is 95.0 Å². The largest absolute Gasteiger partial charge is 0.465 e. The Morgan fingerprint density at radius 1 is 1.15 bits per heavy atom. The van der Waals surface area contributed by atoms with Gasteiger partial charge in [-0.2, -0.15) is 0 Å². The molecule has 2 aromatic heterocycles. The Morgan fingerprint density at radius 3 is 2.64 bits per heavy atom. The van der Waals surface area contributed by atoms with Gasteiger partial charge < -0.3 is 15.0 Å². The van der Waals surface area contributed by atoms with Gasteiger partial charge in [-0.15, -0.1) is 0 Å². The highest BCUT2D eigenvalue weighted by molar-refractivity contribution is 6.30. The Balaban J connectivity index is 1.51. The summed E-state index contributed by atoms with van der Waals surface area (Å²) in [5.74, 6) is 1.17. The molecule has 1 saturated heterocycles. The highest BCUT2D eigenvalue weighted by atomic mass is 35.5. The van der Waals surface area contributed by atoms with E-state index in [4.69, 9.17) is 16.6 Å². The second-order valence-electron chi connectivity index (χ2n) is 8.36. The smallest absolute Gasteiger partial charge is 0.407 e. The number of aromatic nitrogens is 4. The number of benzene rings is 1. The summed E-state index contributed by atoms with van der Waals surface area (Å²) in [4.78, 5) is 30.9. The summed E-state index contributed by atoms with van der Waals surface area (Å²) in [5, 5.41) is 10.7. The van der Waals surface area contributed by atoms with E-state index in [-0.39, 0.29) is 12.0 Å². The van der Waals surface area contributed by atoms with Crippen LogP contribution in [-0.4, -0.2) is 48.6 Å². The molecule has 2 aliphatic rings. The maximum Gasteiger partial charge on any atom is 0.407 e. The van der Waals surface area contributed by atoms with Gasteiger partial charge in [0, 0.05) is 35.4 Å². The molecule has 0 saturated carbocycles. The quantitative estimate of drug-likeness (QED) is 0.520. The zero-order valence-electron chi connectivity index (χ0n) is 18.0. The van der Waals surface area contributed by atoms with Gasteiger partial charge in [-0.05, 0) is 61.6 Å². The first-order valence-corrected chi connectivity index (χ1v) is 11.5. The molecule has 5 rings (SSSR count). The summed E-state index contributed by atoms with van der Waals surface area (Å²) in [6, 6.07) is 9.13. The van der Waals surface area contributed by atoms with E-state index >= 15 is 0 Å². The molecule has 0 spiro atoms. The van der Waals surface area contributed by atoms with Gasteiger partial charge in [0.05, 0.1) is 11.7 Å². The number of H-pyrrole nitrogens is 1. The lowest BCUT2D eigenvalue weighted by atomic mass is 9.84. The van der Waals surface area contributed by atoms with Crippen LogP contribution in [0.2, 0.25) is 5.02 Å². The van der Waals surface area contributed by atoms with Crippen molar-refractivity contribution in [2.24, 2.45) is 0 Å². The number of hydrogen-bond donors (Lipinski definition) is 2. The Kier molecular flexibility index (Phi) is 5.96. The van der Waals surface area contributed by atoms with Gasteiger partial charge in [0.15, 0.2) is 5.82 Å². The average molecular weight is 462 g/mol. The van der Waals surface area contributed by atoms with Crippen molar-refractivity contribution in [1.82, 2.24) is 24.8 Å². The van der Waals surface area contributed by atoms with E-state index in [2.05, 4.69) is 27.1 Å². The van der Waals surface area contributed by atoms with Gasteiger partial charge in [-0.1, -0.05) is 29.8 Å². The molecule has 0 unspecified atom stereocenters. The Labute approximate surface area is 196 Å². The van der Waals surface area contributed by atoms with Crippen LogP contribution in [0.25, 0.3) is 22.9 Å². The molecular weight excluding hydrogens is 438 g/mol. The van der Waals surface area contributed by atoms with Crippen LogP contribution in [-0.2, 0) is 0 Å². The van der Waals surface area contributed by atoms with E-state index in [1.165, 1.54) is 5.57 Å². The molecule has 3 aromatic rings. The van der Waals surface area contributed by atoms with E-state index in [0.29, 0.717) is 28.9 Å². The van der Waals surface area contributed by atoms with Crippen LogP contribution in [0.4, 0.5) is 4.79 Å². The molecule has 1 aliphatic carbocycles. The third-order valence-corrected chi connectivity index (χ3v) is 6.59. The number of carboxylic acid groups (broad SMARTS) is 1. The van der Waals surface area contributed by atoms with Gasteiger partial charge in [-0.3, -0.25) is 0 Å². The minimum absolute atomic E-state index is 0.0376. The van der Waals surface area contributed by atoms with E-state index < -0.39 is 6.09 Å². The lowest BCUT2D eigenvalue weighted by Gasteiger charge is -2.39. The normalized spacial score (nSPS) is 20.5. The molecule has 168 valence electrons. The number of nitrogens with zero attached hydrogens (tertiary/aromatic N) is 4. The first-order valence-electron chi connectivity index (χ1n) is 11.1. The van der Waals surface area contributed by atoms with Crippen LogP contribution < -0.4 is 0 Å². The fraction of sp³-hybridized carbons (Fsp3) is 0.280. The van der Waals surface area contributed by atoms with Crippen LogP contribution in [0, 0.1) is 0 Å². The molecule has 0 radical (unpaired) electrons. The Hall–Kier alpha value is -3.45. The summed E-state index contributed by atoms with van der Waals surface area (Å²) in [6.45, 7) is 0.392. The van der Waals surface area contributed by atoms with Crippen molar-refractivity contribution >= 4 is 17.7 Å². The summed E-state index contributed by atoms with van der Waals surface area (Å²) in [7, 11) is 0. The molecule has 33 heavy (non-hydrogen) atoms. The molecule has 1 amide bonds. The van der Waals surface area contributed by atoms with Crippen molar-refractivity contribution < 1.29 is 9.90 Å². The van der Waals surface area contributed by atoms with Gasteiger partial charge in [0.1, 0.15) is 11.5 Å². The van der Waals surface area contributed by atoms with E-state index in [9.17, 15) is 9.90 Å². The number of amides is 1. The van der Waals surface area contributed by atoms with Crippen molar-refractivity contribution in [2.45, 2.75) is 37.6 Å². The minimum atomic E-state index is -0.893. The molecule has 1 fully saturated rings. The molecule has 8 heteroatoms. The maximum atomic E-state index is 12.2. The summed E-state index contributed by atoms with van der Waals surface area (Å²) in [5.41, 5.74) is 3.62. The highest BCUT2D eigenvalue weighted by Gasteiger charge is 2.36. The third-order valence-electron chi connectivity index (χ3n) is 6.34. The second kappa shape index (κ2) is 9.19. The predicted octanol–water partition coefficient (Wildman–Crippen LogP) is 5.69. The molecule has 0 bridgehead atoms. The number of imidazole rings is 1. The standard InChI is InChI=1S/C25H24ClN5O2/c26-19-10-7-17(8-11-19)23-29-21(22(30-23)24-27-13-4-14-28-24)18-9-12-20(31(15-18)25(32)33)16-5-2-1-3-6-16/h1-2,4-5,7-8,10-11,13-14,18,20H,3,6,9,12,15H2,(H,29,30)(H,32,33)/t18-,20-/m1/s1. The van der Waals surface area contributed by atoms with Gasteiger partial charge >= 0.3 is 6.09 Å². The number of rotatable bonds is 4. The molecule has 2 N–H and O–H groups in total. The zero-order chi connectivity index (χ0) is 22.8. The predicted molar refractivity (Wildman–Crippen MR) is 127 cm³/mol. The Morgan fingerprint density at radius 2 is 1.94 bits per heavy atom. The van der Waals surface area contributed by atoms with Gasteiger partial charge in [0.25, 0.3) is 0 Å². The van der Waals surface area contributed by atoms with E-state index in [1.54, 1.807) is 23.4 Å². The fourth-order valence-corrected chi connectivity index (χ4v) is 4.85. The van der Waals surface area contributed by atoms with Crippen molar-refractivity contribution in [2.75, 3.05) is 6.54 Å². The number of carbonyl (C=O) groups is 1. The minimum Gasteiger partial charge on any atom is -0.465 e. The maximum absolute atomic E-state index is 12.2. The second-order valence-corrected chi connectivity index (χ2v) is 8.80. The molecule has 7 nitrogen and oxygen atoms in total. The molecule has 1 aliphatic heterocycles. The zero-order valence-corrected chi connectivity index (χ0v) is 18.7. The van der Waals surface area contributed by atoms with Crippen molar-refractivity contribution in [3.8, 4) is 22.9 Å².